The van der Waals surface area contributed by atoms with Crippen LogP contribution in [0, 0.1) is 0 Å². The first kappa shape index (κ1) is 25.1. The van der Waals surface area contributed by atoms with Gasteiger partial charge in [0.05, 0.1) is 40.9 Å². The van der Waals surface area contributed by atoms with Crippen molar-refractivity contribution < 1.29 is 28.1 Å². The molecular weight excluding hydrogens is 664 g/mol. The molecule has 2 aromatic carbocycles. The van der Waals surface area contributed by atoms with E-state index in [1.54, 1.807) is 0 Å². The van der Waals surface area contributed by atoms with E-state index in [0.29, 0.717) is 55.4 Å². The monoisotopic (exact) mass is 678 g/mol. The third-order valence-electron chi connectivity index (χ3n) is 3.66. The molecular formula is C18H18Br4O6S. The maximum atomic E-state index is 13.2. The largest absolute Gasteiger partial charge is 0.491 e. The van der Waals surface area contributed by atoms with Crippen molar-refractivity contribution in [2.75, 3.05) is 26.4 Å². The molecule has 0 unspecified atom stereocenters. The van der Waals surface area contributed by atoms with Crippen LogP contribution in [-0.4, -0.2) is 45.1 Å². The van der Waals surface area contributed by atoms with Gasteiger partial charge in [-0.3, -0.25) is 0 Å². The van der Waals surface area contributed by atoms with Gasteiger partial charge in [-0.15, -0.1) is 0 Å². The number of hydrogen-bond donors (Lipinski definition) is 2. The van der Waals surface area contributed by atoms with E-state index >= 15 is 0 Å². The van der Waals surface area contributed by atoms with Gasteiger partial charge in [-0.1, -0.05) is 0 Å². The van der Waals surface area contributed by atoms with Crippen molar-refractivity contribution >= 4 is 73.6 Å². The zero-order valence-electron chi connectivity index (χ0n) is 15.0. The molecule has 2 N–H and O–H groups in total. The van der Waals surface area contributed by atoms with Crippen LogP contribution in [0.25, 0.3) is 0 Å². The maximum Gasteiger partial charge on any atom is 0.206 e. The normalized spacial score (nSPS) is 11.5. The van der Waals surface area contributed by atoms with E-state index in [9.17, 15) is 8.42 Å². The molecule has 0 saturated heterocycles. The minimum absolute atomic E-state index is 0.00512. The van der Waals surface area contributed by atoms with Gasteiger partial charge in [-0.2, -0.15) is 0 Å². The zero-order chi connectivity index (χ0) is 21.6. The number of rotatable bonds is 10. The van der Waals surface area contributed by atoms with Gasteiger partial charge in [0.15, 0.2) is 0 Å². The fourth-order valence-electron chi connectivity index (χ4n) is 2.27. The summed E-state index contributed by atoms with van der Waals surface area (Å²) in [4.78, 5) is 0.164. The van der Waals surface area contributed by atoms with E-state index < -0.39 is 9.84 Å². The number of sulfone groups is 1. The van der Waals surface area contributed by atoms with Crippen molar-refractivity contribution in [2.45, 2.75) is 22.6 Å². The molecule has 0 amide bonds. The first-order valence-corrected chi connectivity index (χ1v) is 13.1. The number of aliphatic hydroxyl groups is 2. The summed E-state index contributed by atoms with van der Waals surface area (Å²) >= 11 is 13.4. The van der Waals surface area contributed by atoms with Crippen molar-refractivity contribution in [3.05, 3.63) is 42.2 Å². The average molecular weight is 682 g/mol. The molecule has 0 heterocycles. The predicted octanol–water partition coefficient (Wildman–Crippen LogP) is 5.09. The maximum absolute atomic E-state index is 13.2. The minimum Gasteiger partial charge on any atom is -0.491 e. The van der Waals surface area contributed by atoms with Crippen LogP contribution in [0.1, 0.15) is 12.8 Å². The van der Waals surface area contributed by atoms with E-state index in [4.69, 9.17) is 19.7 Å². The molecule has 0 aliphatic heterocycles. The van der Waals surface area contributed by atoms with Gasteiger partial charge in [0.25, 0.3) is 0 Å². The highest BCUT2D eigenvalue weighted by Crippen LogP contribution is 2.40. The third-order valence-corrected chi connectivity index (χ3v) is 7.73. The van der Waals surface area contributed by atoms with Crippen molar-refractivity contribution in [3.8, 4) is 11.5 Å². The number of halogens is 4. The lowest BCUT2D eigenvalue weighted by Crippen LogP contribution is -2.06. The van der Waals surface area contributed by atoms with Crippen LogP contribution in [0.15, 0.2) is 51.9 Å². The molecule has 6 nitrogen and oxygen atoms in total. The Kier molecular flexibility index (Phi) is 9.91. The Hall–Kier alpha value is -0.170. The molecule has 0 atom stereocenters. The van der Waals surface area contributed by atoms with Gasteiger partial charge >= 0.3 is 0 Å². The lowest BCUT2D eigenvalue weighted by Gasteiger charge is -2.14. The molecule has 0 saturated carbocycles. The summed E-state index contributed by atoms with van der Waals surface area (Å²) < 4.78 is 39.4. The van der Waals surface area contributed by atoms with Crippen LogP contribution >= 0.6 is 63.7 Å². The van der Waals surface area contributed by atoms with Crippen LogP contribution in [0.5, 0.6) is 11.5 Å². The third kappa shape index (κ3) is 6.41. The van der Waals surface area contributed by atoms with Gasteiger partial charge < -0.3 is 19.7 Å². The van der Waals surface area contributed by atoms with Crippen LogP contribution in [0.2, 0.25) is 0 Å². The summed E-state index contributed by atoms with van der Waals surface area (Å²) in [5.74, 6) is 0.930. The molecule has 11 heteroatoms. The van der Waals surface area contributed by atoms with Gasteiger partial charge in [0.2, 0.25) is 9.84 Å². The number of benzene rings is 2. The Morgan fingerprint density at radius 3 is 1.28 bits per heavy atom. The van der Waals surface area contributed by atoms with Crippen LogP contribution in [0.4, 0.5) is 0 Å². The van der Waals surface area contributed by atoms with Crippen LogP contribution < -0.4 is 9.47 Å². The predicted molar refractivity (Wildman–Crippen MR) is 124 cm³/mol. The van der Waals surface area contributed by atoms with Crippen molar-refractivity contribution in [3.63, 3.8) is 0 Å². The van der Waals surface area contributed by atoms with Crippen LogP contribution in [-0.2, 0) is 9.84 Å². The quantitative estimate of drug-likeness (QED) is 0.340. The summed E-state index contributed by atoms with van der Waals surface area (Å²) in [6.45, 7) is 0.616. The van der Waals surface area contributed by atoms with E-state index in [-0.39, 0.29) is 23.0 Å². The van der Waals surface area contributed by atoms with E-state index in [0.717, 1.165) is 0 Å². The average Bonchev–Trinajstić information content (AvgIpc) is 2.65. The molecule has 160 valence electrons. The fourth-order valence-corrected chi connectivity index (χ4v) is 7.07. The molecule has 0 aliphatic carbocycles. The first-order chi connectivity index (χ1) is 13.7. The Balaban J connectivity index is 2.37. The molecule has 0 spiro atoms. The SMILES string of the molecule is O=S(=O)(c1cc(Br)c(OCCCO)c(Br)c1)c1cc(Br)c(OCCCO)c(Br)c1. The van der Waals surface area contributed by atoms with Crippen molar-refractivity contribution in [1.29, 1.82) is 0 Å². The second-order valence-corrected chi connectivity index (χ2v) is 11.2. The standard InChI is InChI=1S/C18H18Br4O6S/c19-13-7-11(8-14(20)17(13)27-5-1-3-23)29(25,26)12-9-15(21)18(16(22)10-12)28-6-2-4-24/h7-10,23-24H,1-6H2. The van der Waals surface area contributed by atoms with Gasteiger partial charge in [-0.25, -0.2) is 8.42 Å². The summed E-state index contributed by atoms with van der Waals surface area (Å²) in [5, 5.41) is 17.7. The number of aliphatic hydroxyl groups excluding tert-OH is 2. The van der Waals surface area contributed by atoms with Crippen molar-refractivity contribution in [1.82, 2.24) is 0 Å². The highest BCUT2D eigenvalue weighted by molar-refractivity contribution is 9.11. The van der Waals surface area contributed by atoms with Gasteiger partial charge in [0.1, 0.15) is 11.5 Å². The van der Waals surface area contributed by atoms with Gasteiger partial charge in [-0.05, 0) is 88.0 Å². The number of ether oxygens (including phenoxy) is 2. The highest BCUT2D eigenvalue weighted by Gasteiger charge is 2.24. The zero-order valence-corrected chi connectivity index (χ0v) is 22.2. The Labute approximate surface area is 203 Å². The summed E-state index contributed by atoms with van der Waals surface area (Å²) in [6.07, 6.45) is 0.932. The second-order valence-electron chi connectivity index (χ2n) is 5.79. The summed E-state index contributed by atoms with van der Waals surface area (Å²) in [5.41, 5.74) is 0. The topological polar surface area (TPSA) is 93.1 Å². The molecule has 0 bridgehead atoms. The summed E-state index contributed by atoms with van der Waals surface area (Å²) in [6, 6.07) is 5.90. The molecule has 29 heavy (non-hydrogen) atoms. The van der Waals surface area contributed by atoms with E-state index in [1.807, 2.05) is 0 Å². The molecule has 0 radical (unpaired) electrons. The smallest absolute Gasteiger partial charge is 0.206 e. The first-order valence-electron chi connectivity index (χ1n) is 8.42. The fraction of sp³-hybridized carbons (Fsp3) is 0.333. The Bertz CT molecular complexity index is 847. The second kappa shape index (κ2) is 11.4. The molecule has 0 aliphatic rings. The molecule has 0 aromatic heterocycles. The lowest BCUT2D eigenvalue weighted by molar-refractivity contribution is 0.232. The molecule has 0 fully saturated rings. The Morgan fingerprint density at radius 2 is 1.00 bits per heavy atom. The van der Waals surface area contributed by atoms with E-state index in [1.165, 1.54) is 24.3 Å². The van der Waals surface area contributed by atoms with Crippen molar-refractivity contribution in [2.24, 2.45) is 0 Å². The minimum atomic E-state index is -3.82. The van der Waals surface area contributed by atoms with Gasteiger partial charge in [0, 0.05) is 26.1 Å². The Morgan fingerprint density at radius 1 is 0.690 bits per heavy atom. The molecule has 2 rings (SSSR count). The summed E-state index contributed by atoms with van der Waals surface area (Å²) in [7, 11) is -3.82. The highest BCUT2D eigenvalue weighted by atomic mass is 79.9. The van der Waals surface area contributed by atoms with E-state index in [2.05, 4.69) is 63.7 Å². The number of hydrogen-bond acceptors (Lipinski definition) is 6. The molecule has 2 aromatic rings. The van der Waals surface area contributed by atoms with Crippen LogP contribution in [0.3, 0.4) is 0 Å². The lowest BCUT2D eigenvalue weighted by atomic mass is 10.3.